The summed E-state index contributed by atoms with van der Waals surface area (Å²) >= 11 is 0. The van der Waals surface area contributed by atoms with Gasteiger partial charge >= 0.3 is 5.97 Å². The maximum absolute atomic E-state index is 13.2. The Labute approximate surface area is 114 Å². The zero-order valence-electron chi connectivity index (χ0n) is 10.8. The summed E-state index contributed by atoms with van der Waals surface area (Å²) in [6, 6.07) is 1.02. The van der Waals surface area contributed by atoms with Gasteiger partial charge in [0, 0.05) is 12.6 Å². The standard InChI is InChI=1S/C13H14F2N2O3/c1-17-3-2-7(6-17)16-12(18)8-4-10(14)11(15)5-9(8)13(19)20/h4-5,7H,2-3,6H2,1H3,(H,16,18)(H,19,20). The number of likely N-dealkylation sites (tertiary alicyclic amines) is 1. The number of nitrogens with one attached hydrogen (secondary N) is 1. The van der Waals surface area contributed by atoms with Crippen LogP contribution in [0, 0.1) is 11.6 Å². The van der Waals surface area contributed by atoms with Gasteiger partial charge in [-0.1, -0.05) is 0 Å². The van der Waals surface area contributed by atoms with Crippen molar-refractivity contribution in [3.05, 3.63) is 34.9 Å². The van der Waals surface area contributed by atoms with Gasteiger partial charge in [0.1, 0.15) is 0 Å². The van der Waals surface area contributed by atoms with Gasteiger partial charge < -0.3 is 15.3 Å². The first kappa shape index (κ1) is 14.4. The number of aromatic carboxylic acids is 1. The van der Waals surface area contributed by atoms with Crippen LogP contribution in [0.25, 0.3) is 0 Å². The number of nitrogens with zero attached hydrogens (tertiary/aromatic N) is 1. The predicted octanol–water partition coefficient (Wildman–Crippen LogP) is 1.10. The molecule has 1 aromatic rings. The average Bonchev–Trinajstić information content (AvgIpc) is 2.77. The normalized spacial score (nSPS) is 19.1. The number of carbonyl (C=O) groups excluding carboxylic acids is 1. The summed E-state index contributed by atoms with van der Waals surface area (Å²) in [6.07, 6.45) is 0.730. The Hall–Kier alpha value is -2.02. The lowest BCUT2D eigenvalue weighted by molar-refractivity contribution is 0.0689. The van der Waals surface area contributed by atoms with E-state index in [1.54, 1.807) is 0 Å². The topological polar surface area (TPSA) is 69.6 Å². The van der Waals surface area contributed by atoms with E-state index in [2.05, 4.69) is 5.32 Å². The second-order valence-corrected chi connectivity index (χ2v) is 4.84. The molecule has 108 valence electrons. The highest BCUT2D eigenvalue weighted by Crippen LogP contribution is 2.16. The molecule has 1 fully saturated rings. The second kappa shape index (κ2) is 5.54. The molecule has 1 saturated heterocycles. The molecule has 2 rings (SSSR count). The number of carboxylic acids is 1. The van der Waals surface area contributed by atoms with E-state index < -0.39 is 29.1 Å². The quantitative estimate of drug-likeness (QED) is 0.872. The third-order valence-corrected chi connectivity index (χ3v) is 3.26. The zero-order chi connectivity index (χ0) is 14.9. The van der Waals surface area contributed by atoms with Gasteiger partial charge in [0.15, 0.2) is 11.6 Å². The lowest BCUT2D eigenvalue weighted by Crippen LogP contribution is -2.37. The molecule has 20 heavy (non-hydrogen) atoms. The molecule has 7 heteroatoms. The van der Waals surface area contributed by atoms with Crippen molar-refractivity contribution in [1.82, 2.24) is 10.2 Å². The molecule has 2 N–H and O–H groups in total. The molecule has 5 nitrogen and oxygen atoms in total. The van der Waals surface area contributed by atoms with Crippen LogP contribution in [0.2, 0.25) is 0 Å². The summed E-state index contributed by atoms with van der Waals surface area (Å²) in [4.78, 5) is 25.0. The van der Waals surface area contributed by atoms with Crippen LogP contribution < -0.4 is 5.32 Å². The van der Waals surface area contributed by atoms with E-state index in [0.29, 0.717) is 18.7 Å². The number of rotatable bonds is 3. The summed E-state index contributed by atoms with van der Waals surface area (Å²) < 4.78 is 26.3. The third kappa shape index (κ3) is 2.93. The Kier molecular flexibility index (Phi) is 3.99. The lowest BCUT2D eigenvalue weighted by Gasteiger charge is -2.14. The lowest BCUT2D eigenvalue weighted by atomic mass is 10.1. The maximum Gasteiger partial charge on any atom is 0.336 e. The minimum absolute atomic E-state index is 0.123. The molecule has 1 aromatic carbocycles. The van der Waals surface area contributed by atoms with E-state index in [0.717, 1.165) is 13.0 Å². The molecule has 0 bridgehead atoms. The first-order valence-electron chi connectivity index (χ1n) is 6.10. The predicted molar refractivity (Wildman–Crippen MR) is 66.7 cm³/mol. The van der Waals surface area contributed by atoms with Crippen molar-refractivity contribution in [1.29, 1.82) is 0 Å². The fourth-order valence-corrected chi connectivity index (χ4v) is 2.23. The Bertz CT molecular complexity index is 563. The van der Waals surface area contributed by atoms with Gasteiger partial charge in [-0.05, 0) is 32.1 Å². The monoisotopic (exact) mass is 284 g/mol. The molecule has 1 aliphatic heterocycles. The van der Waals surface area contributed by atoms with Crippen LogP contribution in [0.1, 0.15) is 27.1 Å². The van der Waals surface area contributed by atoms with E-state index in [9.17, 15) is 18.4 Å². The Morgan fingerprint density at radius 2 is 1.90 bits per heavy atom. The summed E-state index contributed by atoms with van der Waals surface area (Å²) in [5.41, 5.74) is -0.918. The largest absolute Gasteiger partial charge is 0.478 e. The fraction of sp³-hybridized carbons (Fsp3) is 0.385. The summed E-state index contributed by atoms with van der Waals surface area (Å²) in [5.74, 6) is -4.72. The van der Waals surface area contributed by atoms with Gasteiger partial charge in [0.25, 0.3) is 5.91 Å². The van der Waals surface area contributed by atoms with Gasteiger partial charge in [0.05, 0.1) is 11.1 Å². The number of benzene rings is 1. The average molecular weight is 284 g/mol. The number of amides is 1. The summed E-state index contributed by atoms with van der Waals surface area (Å²) in [7, 11) is 1.90. The number of carboxylic acid groups (broad SMARTS) is 1. The van der Waals surface area contributed by atoms with E-state index in [1.165, 1.54) is 0 Å². The molecule has 0 radical (unpaired) electrons. The van der Waals surface area contributed by atoms with Crippen LogP contribution in [-0.2, 0) is 0 Å². The minimum Gasteiger partial charge on any atom is -0.478 e. The zero-order valence-corrected chi connectivity index (χ0v) is 10.8. The summed E-state index contributed by atoms with van der Waals surface area (Å²) in [5, 5.41) is 11.6. The Balaban J connectivity index is 2.24. The SMILES string of the molecule is CN1CCC(NC(=O)c2cc(F)c(F)cc2C(=O)O)C1. The molecule has 1 amide bonds. The first-order chi connectivity index (χ1) is 9.38. The molecular formula is C13H14F2N2O3. The fourth-order valence-electron chi connectivity index (χ4n) is 2.23. The molecule has 0 spiro atoms. The van der Waals surface area contributed by atoms with Crippen molar-refractivity contribution in [2.75, 3.05) is 20.1 Å². The van der Waals surface area contributed by atoms with Crippen LogP contribution in [0.15, 0.2) is 12.1 Å². The third-order valence-electron chi connectivity index (χ3n) is 3.26. The van der Waals surface area contributed by atoms with Crippen LogP contribution in [0.3, 0.4) is 0 Å². The Morgan fingerprint density at radius 1 is 1.30 bits per heavy atom. The molecule has 0 saturated carbocycles. The number of carbonyl (C=O) groups is 2. The molecule has 0 aromatic heterocycles. The molecule has 1 aliphatic rings. The van der Waals surface area contributed by atoms with Crippen molar-refractivity contribution >= 4 is 11.9 Å². The summed E-state index contributed by atoms with van der Waals surface area (Å²) in [6.45, 7) is 1.45. The molecular weight excluding hydrogens is 270 g/mol. The molecule has 1 heterocycles. The second-order valence-electron chi connectivity index (χ2n) is 4.84. The number of halogens is 2. The maximum atomic E-state index is 13.2. The van der Waals surface area contributed by atoms with Gasteiger partial charge in [-0.2, -0.15) is 0 Å². The van der Waals surface area contributed by atoms with Crippen LogP contribution in [0.4, 0.5) is 8.78 Å². The Morgan fingerprint density at radius 3 is 2.40 bits per heavy atom. The van der Waals surface area contributed by atoms with Crippen LogP contribution in [0.5, 0.6) is 0 Å². The van der Waals surface area contributed by atoms with Gasteiger partial charge in [-0.25, -0.2) is 13.6 Å². The van der Waals surface area contributed by atoms with Crippen molar-refractivity contribution < 1.29 is 23.5 Å². The molecule has 1 unspecified atom stereocenters. The number of hydrogen-bond acceptors (Lipinski definition) is 3. The number of likely N-dealkylation sites (N-methyl/N-ethyl adjacent to an activating group) is 1. The van der Waals surface area contributed by atoms with E-state index in [4.69, 9.17) is 5.11 Å². The molecule has 0 aliphatic carbocycles. The molecule has 1 atom stereocenters. The van der Waals surface area contributed by atoms with Gasteiger partial charge in [0.2, 0.25) is 0 Å². The van der Waals surface area contributed by atoms with Crippen molar-refractivity contribution in [3.8, 4) is 0 Å². The smallest absolute Gasteiger partial charge is 0.336 e. The van der Waals surface area contributed by atoms with Gasteiger partial charge in [-0.3, -0.25) is 4.79 Å². The van der Waals surface area contributed by atoms with Crippen molar-refractivity contribution in [2.45, 2.75) is 12.5 Å². The van der Waals surface area contributed by atoms with Crippen molar-refractivity contribution in [2.24, 2.45) is 0 Å². The highest BCUT2D eigenvalue weighted by Gasteiger charge is 2.25. The highest BCUT2D eigenvalue weighted by atomic mass is 19.2. The van der Waals surface area contributed by atoms with E-state index >= 15 is 0 Å². The van der Waals surface area contributed by atoms with E-state index in [1.807, 2.05) is 11.9 Å². The van der Waals surface area contributed by atoms with E-state index in [-0.39, 0.29) is 11.6 Å². The highest BCUT2D eigenvalue weighted by molar-refractivity contribution is 6.04. The van der Waals surface area contributed by atoms with Gasteiger partial charge in [-0.15, -0.1) is 0 Å². The van der Waals surface area contributed by atoms with Crippen LogP contribution >= 0.6 is 0 Å². The van der Waals surface area contributed by atoms with Crippen molar-refractivity contribution in [3.63, 3.8) is 0 Å². The number of hydrogen-bond donors (Lipinski definition) is 2. The van der Waals surface area contributed by atoms with Crippen LogP contribution in [-0.4, -0.2) is 48.1 Å². The minimum atomic E-state index is -1.47. The first-order valence-corrected chi connectivity index (χ1v) is 6.10.